The van der Waals surface area contributed by atoms with Gasteiger partial charge in [-0.1, -0.05) is 13.8 Å². The van der Waals surface area contributed by atoms with Crippen LogP contribution in [0.5, 0.6) is 0 Å². The molecule has 0 radical (unpaired) electrons. The maximum Gasteiger partial charge on any atom is 0.336 e. The average Bonchev–Trinajstić information content (AvgIpc) is 3.29. The summed E-state index contributed by atoms with van der Waals surface area (Å²) < 4.78 is 0. The predicted molar refractivity (Wildman–Crippen MR) is 100 cm³/mol. The molecule has 0 aromatic heterocycles. The molecule has 148 valence electrons. The molecule has 0 bridgehead atoms. The van der Waals surface area contributed by atoms with Crippen LogP contribution in [0.1, 0.15) is 66.2 Å². The van der Waals surface area contributed by atoms with Gasteiger partial charge in [0.15, 0.2) is 5.78 Å². The van der Waals surface area contributed by atoms with Gasteiger partial charge in [0.25, 0.3) is 5.91 Å². The topological polar surface area (TPSA) is 81.8 Å². The molecular formula is C19H34N4O3. The van der Waals surface area contributed by atoms with Crippen LogP contribution in [-0.2, 0) is 9.59 Å². The van der Waals surface area contributed by atoms with Gasteiger partial charge in [-0.15, -0.1) is 0 Å². The van der Waals surface area contributed by atoms with E-state index in [2.05, 4.69) is 29.6 Å². The fourth-order valence-electron chi connectivity index (χ4n) is 4.23. The number of rotatable bonds is 6. The first-order valence-corrected chi connectivity index (χ1v) is 10.1. The molecule has 0 aromatic carbocycles. The number of likely N-dealkylation sites (tertiary alicyclic amines) is 2. The van der Waals surface area contributed by atoms with E-state index in [1.165, 1.54) is 0 Å². The average molecular weight is 367 g/mol. The SMILES string of the molecule is CCC(CC)C(=O)C1CCCN1C(=O)NNC(=O)C1CCCN1C(C)C. The second kappa shape index (κ2) is 9.35. The first-order chi connectivity index (χ1) is 12.4. The van der Waals surface area contributed by atoms with Crippen molar-refractivity contribution < 1.29 is 14.4 Å². The summed E-state index contributed by atoms with van der Waals surface area (Å²) in [7, 11) is 0. The Labute approximate surface area is 156 Å². The Hall–Kier alpha value is -1.63. The highest BCUT2D eigenvalue weighted by molar-refractivity contribution is 5.91. The van der Waals surface area contributed by atoms with Gasteiger partial charge in [-0.2, -0.15) is 0 Å². The van der Waals surface area contributed by atoms with Crippen LogP contribution >= 0.6 is 0 Å². The van der Waals surface area contributed by atoms with Crippen molar-refractivity contribution in [3.8, 4) is 0 Å². The third kappa shape index (κ3) is 4.55. The third-order valence-electron chi connectivity index (χ3n) is 5.78. The van der Waals surface area contributed by atoms with E-state index in [0.717, 1.165) is 38.6 Å². The van der Waals surface area contributed by atoms with Crippen molar-refractivity contribution >= 4 is 17.7 Å². The van der Waals surface area contributed by atoms with Gasteiger partial charge in [-0.05, 0) is 58.9 Å². The summed E-state index contributed by atoms with van der Waals surface area (Å²) in [5, 5.41) is 0. The van der Waals surface area contributed by atoms with Crippen LogP contribution in [0.2, 0.25) is 0 Å². The highest BCUT2D eigenvalue weighted by atomic mass is 16.2. The molecule has 2 atom stereocenters. The quantitative estimate of drug-likeness (QED) is 0.705. The summed E-state index contributed by atoms with van der Waals surface area (Å²) in [6.07, 6.45) is 4.92. The molecule has 0 aromatic rings. The van der Waals surface area contributed by atoms with Crippen LogP contribution in [0.15, 0.2) is 0 Å². The summed E-state index contributed by atoms with van der Waals surface area (Å²) in [4.78, 5) is 41.4. The van der Waals surface area contributed by atoms with Crippen LogP contribution in [0.25, 0.3) is 0 Å². The molecule has 2 unspecified atom stereocenters. The summed E-state index contributed by atoms with van der Waals surface area (Å²) in [5.41, 5.74) is 5.10. The number of carbonyl (C=O) groups excluding carboxylic acids is 3. The Bertz CT molecular complexity index is 519. The van der Waals surface area contributed by atoms with Gasteiger partial charge in [-0.3, -0.25) is 19.9 Å². The number of nitrogens with zero attached hydrogens (tertiary/aromatic N) is 2. The van der Waals surface area contributed by atoms with Crippen molar-refractivity contribution in [3.05, 3.63) is 0 Å². The van der Waals surface area contributed by atoms with Gasteiger partial charge in [0, 0.05) is 18.5 Å². The zero-order chi connectivity index (χ0) is 19.3. The monoisotopic (exact) mass is 366 g/mol. The van der Waals surface area contributed by atoms with Crippen LogP contribution in [0.4, 0.5) is 4.79 Å². The first kappa shape index (κ1) is 20.7. The van der Waals surface area contributed by atoms with Gasteiger partial charge < -0.3 is 4.90 Å². The summed E-state index contributed by atoms with van der Waals surface area (Å²) in [6, 6.07) is -0.648. The number of amides is 3. The van der Waals surface area contributed by atoms with E-state index in [9.17, 15) is 14.4 Å². The number of hydrogen-bond donors (Lipinski definition) is 2. The van der Waals surface area contributed by atoms with Gasteiger partial charge in [0.1, 0.15) is 0 Å². The van der Waals surface area contributed by atoms with E-state index in [4.69, 9.17) is 0 Å². The minimum atomic E-state index is -0.380. The van der Waals surface area contributed by atoms with Crippen molar-refractivity contribution in [2.75, 3.05) is 13.1 Å². The van der Waals surface area contributed by atoms with E-state index in [-0.39, 0.29) is 35.7 Å². The zero-order valence-corrected chi connectivity index (χ0v) is 16.6. The fourth-order valence-corrected chi connectivity index (χ4v) is 4.23. The Morgan fingerprint density at radius 3 is 2.19 bits per heavy atom. The standard InChI is InChI=1S/C19H34N4O3/c1-5-14(6-2)17(24)15-9-7-12-23(15)19(26)21-20-18(25)16-10-8-11-22(16)13(3)4/h13-16H,5-12H2,1-4H3,(H,20,25)(H,21,26). The molecule has 0 aliphatic carbocycles. The van der Waals surface area contributed by atoms with Crippen LogP contribution in [0, 0.1) is 5.92 Å². The molecule has 2 aliphatic heterocycles. The van der Waals surface area contributed by atoms with E-state index < -0.39 is 0 Å². The molecule has 0 spiro atoms. The van der Waals surface area contributed by atoms with Crippen molar-refractivity contribution in [1.29, 1.82) is 0 Å². The van der Waals surface area contributed by atoms with Crippen molar-refractivity contribution in [1.82, 2.24) is 20.7 Å². The van der Waals surface area contributed by atoms with Gasteiger partial charge >= 0.3 is 6.03 Å². The molecule has 7 heteroatoms. The number of hydrogen-bond acceptors (Lipinski definition) is 4. The molecule has 26 heavy (non-hydrogen) atoms. The molecule has 2 N–H and O–H groups in total. The maximum atomic E-state index is 12.7. The van der Waals surface area contributed by atoms with Gasteiger partial charge in [-0.25, -0.2) is 10.2 Å². The molecule has 2 aliphatic rings. The molecule has 0 saturated carbocycles. The number of Topliss-reactive ketones (excluding diaryl/α,β-unsaturated/α-hetero) is 1. The number of nitrogens with one attached hydrogen (secondary N) is 2. The number of carbonyl (C=O) groups is 3. The number of urea groups is 1. The molecule has 2 fully saturated rings. The Balaban J connectivity index is 1.90. The summed E-state index contributed by atoms with van der Waals surface area (Å²) in [5.74, 6) is -0.0246. The Kier molecular flexibility index (Phi) is 7.43. The summed E-state index contributed by atoms with van der Waals surface area (Å²) >= 11 is 0. The Morgan fingerprint density at radius 2 is 1.58 bits per heavy atom. The van der Waals surface area contributed by atoms with Crippen molar-refractivity contribution in [2.24, 2.45) is 5.92 Å². The second-order valence-electron chi connectivity index (χ2n) is 7.68. The minimum Gasteiger partial charge on any atom is -0.313 e. The Morgan fingerprint density at radius 1 is 0.962 bits per heavy atom. The molecular weight excluding hydrogens is 332 g/mol. The van der Waals surface area contributed by atoms with Gasteiger partial charge in [0.05, 0.1) is 12.1 Å². The van der Waals surface area contributed by atoms with Crippen LogP contribution in [-0.4, -0.2) is 58.7 Å². The number of hydrazine groups is 1. The maximum absolute atomic E-state index is 12.7. The van der Waals surface area contributed by atoms with Crippen LogP contribution in [0.3, 0.4) is 0 Å². The highest BCUT2D eigenvalue weighted by Gasteiger charge is 2.37. The second-order valence-corrected chi connectivity index (χ2v) is 7.68. The lowest BCUT2D eigenvalue weighted by Gasteiger charge is -2.29. The smallest absolute Gasteiger partial charge is 0.313 e. The lowest BCUT2D eigenvalue weighted by atomic mass is 9.92. The third-order valence-corrected chi connectivity index (χ3v) is 5.78. The minimum absolute atomic E-state index is 0.001000. The molecule has 7 nitrogen and oxygen atoms in total. The van der Waals surface area contributed by atoms with E-state index in [0.29, 0.717) is 19.0 Å². The number of ketones is 1. The van der Waals surface area contributed by atoms with E-state index in [1.807, 2.05) is 13.8 Å². The zero-order valence-electron chi connectivity index (χ0n) is 16.6. The van der Waals surface area contributed by atoms with Crippen molar-refractivity contribution in [3.63, 3.8) is 0 Å². The molecule has 2 saturated heterocycles. The normalized spacial score (nSPS) is 23.7. The van der Waals surface area contributed by atoms with Gasteiger partial charge in [0.2, 0.25) is 0 Å². The lowest BCUT2D eigenvalue weighted by Crippen LogP contribution is -2.56. The van der Waals surface area contributed by atoms with E-state index >= 15 is 0 Å². The molecule has 2 rings (SSSR count). The predicted octanol–water partition coefficient (Wildman–Crippen LogP) is 2.07. The van der Waals surface area contributed by atoms with Crippen molar-refractivity contribution in [2.45, 2.75) is 84.3 Å². The van der Waals surface area contributed by atoms with E-state index in [1.54, 1.807) is 4.90 Å². The lowest BCUT2D eigenvalue weighted by molar-refractivity contribution is -0.126. The highest BCUT2D eigenvalue weighted by Crippen LogP contribution is 2.24. The largest absolute Gasteiger partial charge is 0.336 e. The first-order valence-electron chi connectivity index (χ1n) is 10.1. The van der Waals surface area contributed by atoms with Crippen LogP contribution < -0.4 is 10.9 Å². The summed E-state index contributed by atoms with van der Waals surface area (Å²) in [6.45, 7) is 9.62. The fraction of sp³-hybridized carbons (Fsp3) is 0.842. The molecule has 3 amide bonds. The molecule has 2 heterocycles.